The lowest BCUT2D eigenvalue weighted by Gasteiger charge is -2.37. The van der Waals surface area contributed by atoms with Gasteiger partial charge >= 0.3 is 0 Å². The highest BCUT2D eigenvalue weighted by Crippen LogP contribution is 2.30. The van der Waals surface area contributed by atoms with Crippen molar-refractivity contribution in [2.75, 3.05) is 37.3 Å². The first kappa shape index (κ1) is 21.6. The van der Waals surface area contributed by atoms with Crippen LogP contribution in [0.2, 0.25) is 0 Å². The van der Waals surface area contributed by atoms with E-state index in [1.54, 1.807) is 37.4 Å². The van der Waals surface area contributed by atoms with Crippen LogP contribution in [-0.4, -0.2) is 52.7 Å². The molecule has 1 saturated heterocycles. The van der Waals surface area contributed by atoms with E-state index < -0.39 is 10.0 Å². The lowest BCUT2D eigenvalue weighted by molar-refractivity contribution is 0.0312. The Balaban J connectivity index is 1.86. The topological polar surface area (TPSA) is 70.7 Å². The fraction of sp³-hybridized carbons (Fsp3) is 0.455. The fourth-order valence-electron chi connectivity index (χ4n) is 3.74. The molecule has 2 N–H and O–H groups in total. The largest absolute Gasteiger partial charge is 0.379 e. The minimum absolute atomic E-state index is 0.0819. The molecular formula is C22H31N3O3S. The molecule has 1 aliphatic heterocycles. The molecule has 0 amide bonds. The molecule has 6 nitrogen and oxygen atoms in total. The molecule has 7 heteroatoms. The van der Waals surface area contributed by atoms with Crippen LogP contribution in [0.15, 0.2) is 53.4 Å². The van der Waals surface area contributed by atoms with Gasteiger partial charge in [-0.15, -0.1) is 0 Å². The van der Waals surface area contributed by atoms with Crippen LogP contribution in [0.3, 0.4) is 0 Å². The van der Waals surface area contributed by atoms with Crippen molar-refractivity contribution in [1.29, 1.82) is 0 Å². The number of anilines is 2. The van der Waals surface area contributed by atoms with Gasteiger partial charge in [-0.2, -0.15) is 0 Å². The summed E-state index contributed by atoms with van der Waals surface area (Å²) < 4.78 is 33.8. The third kappa shape index (κ3) is 5.29. The number of likely N-dealkylation sites (N-methyl/N-ethyl adjacent to an activating group) is 1. The average molecular weight is 418 g/mol. The number of piperidine rings is 1. The number of sulfonamides is 1. The first-order valence-electron chi connectivity index (χ1n) is 10.00. The van der Waals surface area contributed by atoms with E-state index >= 15 is 0 Å². The molecule has 29 heavy (non-hydrogen) atoms. The summed E-state index contributed by atoms with van der Waals surface area (Å²) in [5.41, 5.74) is 2.65. The van der Waals surface area contributed by atoms with Crippen molar-refractivity contribution in [2.45, 2.75) is 43.2 Å². The van der Waals surface area contributed by atoms with Crippen LogP contribution in [0.1, 0.15) is 31.7 Å². The van der Waals surface area contributed by atoms with Gasteiger partial charge in [0.15, 0.2) is 0 Å². The molecule has 0 spiro atoms. The number of methoxy groups -OCH3 is 1. The molecule has 0 bridgehead atoms. The molecule has 0 radical (unpaired) electrons. The van der Waals surface area contributed by atoms with Crippen molar-refractivity contribution in [3.05, 3.63) is 54.1 Å². The molecule has 2 aromatic carbocycles. The van der Waals surface area contributed by atoms with Gasteiger partial charge in [0.05, 0.1) is 22.7 Å². The third-order valence-electron chi connectivity index (χ3n) is 5.39. The molecule has 0 saturated carbocycles. The summed E-state index contributed by atoms with van der Waals surface area (Å²) in [6, 6.07) is 14.3. The maximum absolute atomic E-state index is 12.7. The second kappa shape index (κ2) is 9.15. The van der Waals surface area contributed by atoms with E-state index in [9.17, 15) is 8.42 Å². The fourth-order valence-corrected chi connectivity index (χ4v) is 4.81. The van der Waals surface area contributed by atoms with E-state index in [0.717, 1.165) is 30.8 Å². The quantitative estimate of drug-likeness (QED) is 0.718. The Morgan fingerprint density at radius 2 is 1.86 bits per heavy atom. The van der Waals surface area contributed by atoms with Gasteiger partial charge in [0.1, 0.15) is 0 Å². The van der Waals surface area contributed by atoms with Crippen LogP contribution < -0.4 is 10.0 Å². The first-order chi connectivity index (χ1) is 13.8. The molecule has 0 aliphatic carbocycles. The average Bonchev–Trinajstić information content (AvgIpc) is 2.69. The molecule has 2 aromatic rings. The summed E-state index contributed by atoms with van der Waals surface area (Å²) >= 11 is 0. The van der Waals surface area contributed by atoms with E-state index in [1.807, 2.05) is 18.2 Å². The number of hydrogen-bond donors (Lipinski definition) is 2. The van der Waals surface area contributed by atoms with Crippen molar-refractivity contribution in [3.63, 3.8) is 0 Å². The summed E-state index contributed by atoms with van der Waals surface area (Å²) in [6.45, 7) is 6.13. The van der Waals surface area contributed by atoms with Crippen LogP contribution in [0.25, 0.3) is 0 Å². The van der Waals surface area contributed by atoms with Gasteiger partial charge < -0.3 is 15.0 Å². The van der Waals surface area contributed by atoms with Crippen LogP contribution in [0, 0.1) is 0 Å². The second-order valence-electron chi connectivity index (χ2n) is 7.95. The van der Waals surface area contributed by atoms with E-state index in [2.05, 4.69) is 35.8 Å². The second-order valence-corrected chi connectivity index (χ2v) is 9.63. The number of ether oxygens (including phenoxy) is 1. The lowest BCUT2D eigenvalue weighted by atomic mass is 9.97. The molecular weight excluding hydrogens is 386 g/mol. The van der Waals surface area contributed by atoms with E-state index in [4.69, 9.17) is 4.74 Å². The van der Waals surface area contributed by atoms with Crippen molar-refractivity contribution >= 4 is 21.4 Å². The molecule has 1 heterocycles. The van der Waals surface area contributed by atoms with Gasteiger partial charge in [0.25, 0.3) is 10.0 Å². The monoisotopic (exact) mass is 417 g/mol. The summed E-state index contributed by atoms with van der Waals surface area (Å²) in [7, 11) is 0.212. The Hall–Kier alpha value is -2.09. The van der Waals surface area contributed by atoms with Crippen molar-refractivity contribution in [2.24, 2.45) is 0 Å². The highest BCUT2D eigenvalue weighted by Gasteiger charge is 2.28. The first-order valence-corrected chi connectivity index (χ1v) is 11.5. The maximum atomic E-state index is 12.7. The van der Waals surface area contributed by atoms with Gasteiger partial charge in [-0.25, -0.2) is 8.42 Å². The van der Waals surface area contributed by atoms with E-state index in [-0.39, 0.29) is 17.0 Å². The highest BCUT2D eigenvalue weighted by molar-refractivity contribution is 7.92. The summed E-state index contributed by atoms with van der Waals surface area (Å²) in [6.07, 6.45) is 1.05. The molecule has 158 valence electrons. The molecule has 2 unspecified atom stereocenters. The Bertz CT molecular complexity index is 916. The molecule has 2 atom stereocenters. The molecule has 1 aliphatic rings. The van der Waals surface area contributed by atoms with Crippen LogP contribution >= 0.6 is 0 Å². The molecule has 3 rings (SSSR count). The zero-order valence-electron chi connectivity index (χ0n) is 17.6. The van der Waals surface area contributed by atoms with Crippen molar-refractivity contribution in [3.8, 4) is 0 Å². The lowest BCUT2D eigenvalue weighted by Crippen LogP contribution is -2.49. The number of benzene rings is 2. The minimum atomic E-state index is -3.63. The Kier molecular flexibility index (Phi) is 6.82. The Labute approximate surface area is 174 Å². The van der Waals surface area contributed by atoms with Crippen molar-refractivity contribution < 1.29 is 13.2 Å². The standard InChI is InChI=1S/C22H31N3O3S/c1-16(2)19-11-10-17(24-29(26,27)18-8-6-5-7-9-18)14-21(19)23-20-12-13-25(3)15-22(20)28-4/h5-11,14,16,20,22-24H,12-13,15H2,1-4H3. The van der Waals surface area contributed by atoms with Gasteiger partial charge in [0.2, 0.25) is 0 Å². The number of nitrogens with one attached hydrogen (secondary N) is 2. The zero-order chi connectivity index (χ0) is 21.0. The summed E-state index contributed by atoms with van der Waals surface area (Å²) in [4.78, 5) is 2.51. The zero-order valence-corrected chi connectivity index (χ0v) is 18.4. The number of hydrogen-bond acceptors (Lipinski definition) is 5. The maximum Gasteiger partial charge on any atom is 0.261 e. The highest BCUT2D eigenvalue weighted by atomic mass is 32.2. The predicted octanol–water partition coefficient (Wildman–Crippen LogP) is 3.74. The summed E-state index contributed by atoms with van der Waals surface area (Å²) in [5, 5.41) is 3.63. The van der Waals surface area contributed by atoms with Crippen LogP contribution in [0.4, 0.5) is 11.4 Å². The SMILES string of the molecule is COC1CN(C)CCC1Nc1cc(NS(=O)(=O)c2ccccc2)ccc1C(C)C. The number of nitrogens with zero attached hydrogens (tertiary/aromatic N) is 1. The van der Waals surface area contributed by atoms with Gasteiger partial charge in [-0.05, 0) is 55.8 Å². The van der Waals surface area contributed by atoms with E-state index in [0.29, 0.717) is 11.6 Å². The minimum Gasteiger partial charge on any atom is -0.379 e. The summed E-state index contributed by atoms with van der Waals surface area (Å²) in [5.74, 6) is 0.310. The molecule has 0 aromatic heterocycles. The smallest absolute Gasteiger partial charge is 0.261 e. The third-order valence-corrected chi connectivity index (χ3v) is 6.78. The van der Waals surface area contributed by atoms with E-state index in [1.165, 1.54) is 0 Å². The molecule has 1 fully saturated rings. The van der Waals surface area contributed by atoms with Crippen molar-refractivity contribution in [1.82, 2.24) is 4.90 Å². The predicted molar refractivity (Wildman–Crippen MR) is 118 cm³/mol. The van der Waals surface area contributed by atoms with Gasteiger partial charge in [-0.1, -0.05) is 38.1 Å². The van der Waals surface area contributed by atoms with Gasteiger partial charge in [-0.3, -0.25) is 4.72 Å². The van der Waals surface area contributed by atoms with Gasteiger partial charge in [0, 0.05) is 19.3 Å². The Morgan fingerprint density at radius 1 is 1.14 bits per heavy atom. The number of likely N-dealkylation sites (tertiary alicyclic amines) is 1. The number of rotatable bonds is 7. The van der Waals surface area contributed by atoms with Crippen LogP contribution in [0.5, 0.6) is 0 Å². The Morgan fingerprint density at radius 3 is 2.52 bits per heavy atom. The van der Waals surface area contributed by atoms with Crippen LogP contribution in [-0.2, 0) is 14.8 Å². The normalized spacial score (nSPS) is 20.6.